The first-order chi connectivity index (χ1) is 16.0. The molecule has 1 saturated heterocycles. The summed E-state index contributed by atoms with van der Waals surface area (Å²) < 4.78 is 28.7. The number of hydrogen-bond acceptors (Lipinski definition) is 5. The molecule has 3 aromatic heterocycles. The Bertz CT molecular complexity index is 1380. The molecule has 4 heterocycles. The molecule has 0 unspecified atom stereocenters. The van der Waals surface area contributed by atoms with Gasteiger partial charge in [-0.05, 0) is 31.0 Å². The van der Waals surface area contributed by atoms with Crippen LogP contribution in [0.1, 0.15) is 28.8 Å². The molecule has 1 N–H and O–H groups in total. The second-order valence-corrected chi connectivity index (χ2v) is 8.18. The zero-order valence-electron chi connectivity index (χ0n) is 18.1. The number of halogens is 1. The van der Waals surface area contributed by atoms with Crippen LogP contribution in [-0.4, -0.2) is 39.5 Å². The molecule has 0 radical (unpaired) electrons. The van der Waals surface area contributed by atoms with E-state index in [1.807, 2.05) is 0 Å². The van der Waals surface area contributed by atoms with Crippen molar-refractivity contribution in [2.45, 2.75) is 25.4 Å². The Morgan fingerprint density at radius 3 is 2.79 bits per heavy atom. The molecule has 1 aromatic carbocycles. The minimum atomic E-state index is -0.453. The normalized spacial score (nSPS) is 14.6. The van der Waals surface area contributed by atoms with Crippen LogP contribution in [0.25, 0.3) is 22.2 Å². The van der Waals surface area contributed by atoms with Crippen molar-refractivity contribution >= 4 is 16.9 Å². The average molecular weight is 450 g/mol. The van der Waals surface area contributed by atoms with Crippen LogP contribution < -0.4 is 10.9 Å². The number of hydrogen-bond donors (Lipinski definition) is 1. The van der Waals surface area contributed by atoms with Crippen LogP contribution >= 0.6 is 0 Å². The summed E-state index contributed by atoms with van der Waals surface area (Å²) in [5, 5.41) is 7.56. The summed E-state index contributed by atoms with van der Waals surface area (Å²) in [6, 6.07) is 8.12. The van der Waals surface area contributed by atoms with Crippen molar-refractivity contribution in [3.05, 3.63) is 76.3 Å². The number of pyridine rings is 1. The summed E-state index contributed by atoms with van der Waals surface area (Å²) in [7, 11) is 1.79. The summed E-state index contributed by atoms with van der Waals surface area (Å²) in [5.74, 6) is -0.785. The Hall–Kier alpha value is -3.72. The number of furan rings is 1. The van der Waals surface area contributed by atoms with E-state index in [-0.39, 0.29) is 40.6 Å². The third-order valence-corrected chi connectivity index (χ3v) is 5.89. The van der Waals surface area contributed by atoms with Gasteiger partial charge in [0.2, 0.25) is 0 Å². The molecule has 0 atom stereocenters. The van der Waals surface area contributed by atoms with Crippen LogP contribution in [0.3, 0.4) is 0 Å². The molecule has 1 aliphatic heterocycles. The first-order valence-electron chi connectivity index (χ1n) is 10.8. The zero-order valence-corrected chi connectivity index (χ0v) is 18.1. The minimum Gasteiger partial charge on any atom is -0.463 e. The molecular weight excluding hydrogens is 427 g/mol. The smallest absolute Gasteiger partial charge is 0.262 e. The van der Waals surface area contributed by atoms with Crippen LogP contribution in [0, 0.1) is 5.82 Å². The third kappa shape index (κ3) is 4.19. The van der Waals surface area contributed by atoms with Crippen molar-refractivity contribution in [1.82, 2.24) is 19.7 Å². The van der Waals surface area contributed by atoms with E-state index in [0.29, 0.717) is 30.0 Å². The molecule has 9 heteroatoms. The number of nitrogens with zero attached hydrogens (tertiary/aromatic N) is 3. The number of fused-ring (bicyclic) bond motifs is 1. The Morgan fingerprint density at radius 2 is 2.06 bits per heavy atom. The van der Waals surface area contributed by atoms with E-state index in [1.165, 1.54) is 29.2 Å². The highest BCUT2D eigenvalue weighted by molar-refractivity contribution is 6.04. The molecule has 0 saturated carbocycles. The number of aromatic nitrogens is 3. The number of amides is 1. The maximum absolute atomic E-state index is 14.9. The fraction of sp³-hybridized carbons (Fsp3) is 0.292. The molecule has 0 aliphatic carbocycles. The third-order valence-electron chi connectivity index (χ3n) is 5.89. The van der Waals surface area contributed by atoms with Crippen LogP contribution in [0.4, 0.5) is 4.39 Å². The van der Waals surface area contributed by atoms with Gasteiger partial charge in [-0.1, -0.05) is 12.1 Å². The highest BCUT2D eigenvalue weighted by Gasteiger charge is 2.22. The van der Waals surface area contributed by atoms with E-state index in [2.05, 4.69) is 10.4 Å². The van der Waals surface area contributed by atoms with Gasteiger partial charge in [0, 0.05) is 49.8 Å². The van der Waals surface area contributed by atoms with Gasteiger partial charge in [-0.25, -0.2) is 4.39 Å². The predicted octanol–water partition coefficient (Wildman–Crippen LogP) is 3.09. The Balaban J connectivity index is 1.46. The van der Waals surface area contributed by atoms with Crippen molar-refractivity contribution in [3.63, 3.8) is 0 Å². The lowest BCUT2D eigenvalue weighted by Crippen LogP contribution is -2.39. The molecule has 1 fully saturated rings. The van der Waals surface area contributed by atoms with Gasteiger partial charge < -0.3 is 19.0 Å². The van der Waals surface area contributed by atoms with Crippen molar-refractivity contribution in [2.24, 2.45) is 7.05 Å². The molecule has 8 nitrogen and oxygen atoms in total. The molecule has 1 aliphatic rings. The summed E-state index contributed by atoms with van der Waals surface area (Å²) in [6.45, 7) is 1.16. The number of carbonyl (C=O) groups excluding carboxylic acids is 1. The van der Waals surface area contributed by atoms with E-state index < -0.39 is 5.82 Å². The van der Waals surface area contributed by atoms with Crippen LogP contribution in [0.15, 0.2) is 58.2 Å². The average Bonchev–Trinajstić information content (AvgIpc) is 3.47. The standard InChI is InChI=1S/C24H23FN4O4/c1-28-8-4-21(27-28)15-2-3-16(20(25)12-15)13-29-14-19(22-18(24(29)31)7-11-33-22)23(30)26-17-5-9-32-10-6-17/h2-4,7-8,11-12,14,17H,5-6,9-10,13H2,1H3,(H,26,30). The van der Waals surface area contributed by atoms with Gasteiger partial charge in [-0.3, -0.25) is 14.3 Å². The minimum absolute atomic E-state index is 0.00627. The molecule has 5 rings (SSSR count). The summed E-state index contributed by atoms with van der Waals surface area (Å²) in [4.78, 5) is 26.0. The highest BCUT2D eigenvalue weighted by atomic mass is 19.1. The predicted molar refractivity (Wildman–Crippen MR) is 119 cm³/mol. The maximum Gasteiger partial charge on any atom is 0.262 e. The van der Waals surface area contributed by atoms with E-state index in [0.717, 1.165) is 12.8 Å². The van der Waals surface area contributed by atoms with Gasteiger partial charge in [0.05, 0.1) is 29.5 Å². The Labute approximate surface area is 188 Å². The fourth-order valence-corrected chi connectivity index (χ4v) is 4.09. The van der Waals surface area contributed by atoms with E-state index >= 15 is 0 Å². The second-order valence-electron chi connectivity index (χ2n) is 8.18. The quantitative estimate of drug-likeness (QED) is 0.505. The number of ether oxygens (including phenoxy) is 1. The molecule has 33 heavy (non-hydrogen) atoms. The maximum atomic E-state index is 14.9. The van der Waals surface area contributed by atoms with Crippen molar-refractivity contribution < 1.29 is 18.3 Å². The zero-order chi connectivity index (χ0) is 22.9. The fourth-order valence-electron chi connectivity index (χ4n) is 4.09. The summed E-state index contributed by atoms with van der Waals surface area (Å²) in [6.07, 6.45) is 6.05. The summed E-state index contributed by atoms with van der Waals surface area (Å²) in [5.41, 5.74) is 1.75. The second kappa shape index (κ2) is 8.67. The van der Waals surface area contributed by atoms with Gasteiger partial charge in [-0.2, -0.15) is 5.10 Å². The van der Waals surface area contributed by atoms with Gasteiger partial charge in [-0.15, -0.1) is 0 Å². The number of benzene rings is 1. The molecular formula is C24H23FN4O4. The first kappa shape index (κ1) is 21.1. The Morgan fingerprint density at radius 1 is 1.24 bits per heavy atom. The van der Waals surface area contributed by atoms with Crippen molar-refractivity contribution in [3.8, 4) is 11.3 Å². The van der Waals surface area contributed by atoms with Crippen molar-refractivity contribution in [1.29, 1.82) is 0 Å². The first-order valence-corrected chi connectivity index (χ1v) is 10.8. The monoisotopic (exact) mass is 450 g/mol. The van der Waals surface area contributed by atoms with Gasteiger partial charge in [0.25, 0.3) is 11.5 Å². The summed E-state index contributed by atoms with van der Waals surface area (Å²) >= 11 is 0. The molecule has 4 aromatic rings. The van der Waals surface area contributed by atoms with Gasteiger partial charge >= 0.3 is 0 Å². The molecule has 170 valence electrons. The number of rotatable bonds is 5. The lowest BCUT2D eigenvalue weighted by Gasteiger charge is -2.23. The van der Waals surface area contributed by atoms with Gasteiger partial charge in [0.1, 0.15) is 5.82 Å². The number of carbonyl (C=O) groups is 1. The highest BCUT2D eigenvalue weighted by Crippen LogP contribution is 2.22. The van der Waals surface area contributed by atoms with Gasteiger partial charge in [0.15, 0.2) is 5.58 Å². The van der Waals surface area contributed by atoms with Crippen LogP contribution in [0.2, 0.25) is 0 Å². The van der Waals surface area contributed by atoms with Crippen LogP contribution in [0.5, 0.6) is 0 Å². The van der Waals surface area contributed by atoms with E-state index in [9.17, 15) is 14.0 Å². The largest absolute Gasteiger partial charge is 0.463 e. The SMILES string of the molecule is Cn1ccc(-c2ccc(Cn3cc(C(=O)NC4CCOCC4)c4occc4c3=O)c(F)c2)n1. The van der Waals surface area contributed by atoms with E-state index in [4.69, 9.17) is 9.15 Å². The molecule has 0 spiro atoms. The van der Waals surface area contributed by atoms with Crippen LogP contribution in [-0.2, 0) is 18.3 Å². The molecule has 0 bridgehead atoms. The topological polar surface area (TPSA) is 91.3 Å². The number of nitrogens with one attached hydrogen (secondary N) is 1. The number of aryl methyl sites for hydroxylation is 1. The van der Waals surface area contributed by atoms with Crippen molar-refractivity contribution in [2.75, 3.05) is 13.2 Å². The lowest BCUT2D eigenvalue weighted by atomic mass is 10.1. The molecule has 1 amide bonds. The lowest BCUT2D eigenvalue weighted by molar-refractivity contribution is 0.0696. The van der Waals surface area contributed by atoms with E-state index in [1.54, 1.807) is 36.1 Å². The Kier molecular flexibility index (Phi) is 5.55.